The summed E-state index contributed by atoms with van der Waals surface area (Å²) >= 11 is 5.89. The third kappa shape index (κ3) is 3.48. The first-order valence-corrected chi connectivity index (χ1v) is 5.60. The minimum Gasteiger partial charge on any atom is -0.309 e. The van der Waals surface area contributed by atoms with Gasteiger partial charge in [-0.15, -0.1) is 0 Å². The van der Waals surface area contributed by atoms with Gasteiger partial charge in [0.25, 0.3) is 0 Å². The lowest BCUT2D eigenvalue weighted by molar-refractivity contribution is 0.493. The zero-order valence-electron chi connectivity index (χ0n) is 9.13. The predicted molar refractivity (Wildman–Crippen MR) is 62.6 cm³/mol. The second-order valence-corrected chi connectivity index (χ2v) is 3.96. The van der Waals surface area contributed by atoms with Gasteiger partial charge in [-0.05, 0) is 18.6 Å². The Bertz CT molecular complexity index is 367. The molecule has 0 amide bonds. The molecule has 16 heavy (non-hydrogen) atoms. The maximum Gasteiger partial charge on any atom is 0.129 e. The quantitative estimate of drug-likeness (QED) is 0.858. The lowest BCUT2D eigenvalue weighted by Crippen LogP contribution is -2.27. The Morgan fingerprint density at radius 3 is 2.88 bits per heavy atom. The molecule has 1 rings (SSSR count). The van der Waals surface area contributed by atoms with Gasteiger partial charge >= 0.3 is 0 Å². The Kier molecular flexibility index (Phi) is 5.24. The van der Waals surface area contributed by atoms with Gasteiger partial charge in [-0.1, -0.05) is 24.6 Å². The van der Waals surface area contributed by atoms with Crippen LogP contribution in [0, 0.1) is 17.1 Å². The summed E-state index contributed by atoms with van der Waals surface area (Å²) in [5.41, 5.74) is 0.459. The summed E-state index contributed by atoms with van der Waals surface area (Å²) in [6, 6.07) is 6.80. The summed E-state index contributed by atoms with van der Waals surface area (Å²) in [6.07, 6.45) is 1.25. The highest BCUT2D eigenvalue weighted by atomic mass is 35.5. The summed E-state index contributed by atoms with van der Waals surface area (Å²) in [5, 5.41) is 12.1. The van der Waals surface area contributed by atoms with Crippen molar-refractivity contribution in [2.75, 3.05) is 0 Å². The first kappa shape index (κ1) is 13.0. The highest BCUT2D eigenvalue weighted by Crippen LogP contribution is 2.18. The molecule has 2 nitrogen and oxygen atoms in total. The van der Waals surface area contributed by atoms with Gasteiger partial charge < -0.3 is 5.32 Å². The van der Waals surface area contributed by atoms with E-state index in [1.807, 2.05) is 6.92 Å². The summed E-state index contributed by atoms with van der Waals surface area (Å²) in [5.74, 6) is -0.313. The van der Waals surface area contributed by atoms with Crippen LogP contribution in [0.2, 0.25) is 5.02 Å². The fourth-order valence-corrected chi connectivity index (χ4v) is 1.65. The maximum atomic E-state index is 13.4. The molecular weight excluding hydrogens is 227 g/mol. The highest BCUT2D eigenvalue weighted by molar-refractivity contribution is 6.31. The second-order valence-electron chi connectivity index (χ2n) is 3.55. The van der Waals surface area contributed by atoms with Gasteiger partial charge in [-0.2, -0.15) is 5.26 Å². The fraction of sp³-hybridized carbons (Fsp3) is 0.417. The van der Waals surface area contributed by atoms with Gasteiger partial charge in [-0.3, -0.25) is 0 Å². The number of benzene rings is 1. The second kappa shape index (κ2) is 6.47. The molecular formula is C12H14ClFN2. The molecule has 1 aromatic carbocycles. The molecule has 0 radical (unpaired) electrons. The van der Waals surface area contributed by atoms with Gasteiger partial charge in [0.05, 0.1) is 12.5 Å². The van der Waals surface area contributed by atoms with Crippen molar-refractivity contribution in [1.29, 1.82) is 5.26 Å². The van der Waals surface area contributed by atoms with Crippen molar-refractivity contribution in [3.05, 3.63) is 34.6 Å². The van der Waals surface area contributed by atoms with E-state index < -0.39 is 0 Å². The third-order valence-electron chi connectivity index (χ3n) is 2.46. The predicted octanol–water partition coefficient (Wildman–Crippen LogP) is 3.26. The first-order chi connectivity index (χ1) is 7.69. The normalized spacial score (nSPS) is 12.1. The van der Waals surface area contributed by atoms with Crippen molar-refractivity contribution < 1.29 is 4.39 Å². The molecule has 0 aromatic heterocycles. The Hall–Kier alpha value is -1.11. The SMILES string of the molecule is CCC(CC#N)NCc1c(F)cccc1Cl. The summed E-state index contributed by atoms with van der Waals surface area (Å²) < 4.78 is 13.4. The number of hydrogen-bond acceptors (Lipinski definition) is 2. The molecule has 0 spiro atoms. The summed E-state index contributed by atoms with van der Waals surface area (Å²) in [7, 11) is 0. The molecule has 0 bridgehead atoms. The first-order valence-electron chi connectivity index (χ1n) is 5.22. The number of nitrogens with one attached hydrogen (secondary N) is 1. The van der Waals surface area contributed by atoms with E-state index >= 15 is 0 Å². The molecule has 0 saturated heterocycles. The van der Waals surface area contributed by atoms with E-state index in [2.05, 4.69) is 11.4 Å². The fourth-order valence-electron chi connectivity index (χ4n) is 1.42. The standard InChI is InChI=1S/C12H14ClFN2/c1-2-9(6-7-15)16-8-10-11(13)4-3-5-12(10)14/h3-5,9,16H,2,6,8H2,1H3. The molecule has 4 heteroatoms. The van der Waals surface area contributed by atoms with Crippen molar-refractivity contribution in [3.63, 3.8) is 0 Å². The molecule has 0 aliphatic rings. The van der Waals surface area contributed by atoms with Crippen molar-refractivity contribution in [2.45, 2.75) is 32.4 Å². The lowest BCUT2D eigenvalue weighted by atomic mass is 10.1. The molecule has 86 valence electrons. The van der Waals surface area contributed by atoms with E-state index in [0.717, 1.165) is 6.42 Å². The zero-order valence-corrected chi connectivity index (χ0v) is 9.89. The Morgan fingerprint density at radius 2 is 2.31 bits per heavy atom. The Balaban J connectivity index is 2.64. The molecule has 1 aromatic rings. The molecule has 0 aliphatic heterocycles. The average molecular weight is 241 g/mol. The smallest absolute Gasteiger partial charge is 0.129 e. The van der Waals surface area contributed by atoms with Crippen molar-refractivity contribution in [1.82, 2.24) is 5.32 Å². The molecule has 0 fully saturated rings. The van der Waals surface area contributed by atoms with Crippen molar-refractivity contribution in [2.24, 2.45) is 0 Å². The molecule has 1 unspecified atom stereocenters. The number of halogens is 2. The monoisotopic (exact) mass is 240 g/mol. The van der Waals surface area contributed by atoms with E-state index in [0.29, 0.717) is 23.6 Å². The topological polar surface area (TPSA) is 35.8 Å². The minimum absolute atomic E-state index is 0.0840. The molecule has 0 aliphatic carbocycles. The van der Waals surface area contributed by atoms with E-state index in [4.69, 9.17) is 16.9 Å². The van der Waals surface area contributed by atoms with E-state index in [-0.39, 0.29) is 11.9 Å². The van der Waals surface area contributed by atoms with Crippen LogP contribution in [0.4, 0.5) is 4.39 Å². The van der Waals surface area contributed by atoms with E-state index in [1.165, 1.54) is 6.07 Å². The summed E-state index contributed by atoms with van der Waals surface area (Å²) in [6.45, 7) is 2.34. The number of rotatable bonds is 5. The minimum atomic E-state index is -0.313. The van der Waals surface area contributed by atoms with Crippen LogP contribution in [0.3, 0.4) is 0 Å². The summed E-state index contributed by atoms with van der Waals surface area (Å²) in [4.78, 5) is 0. The average Bonchev–Trinajstić information content (AvgIpc) is 2.27. The maximum absolute atomic E-state index is 13.4. The molecule has 0 saturated carbocycles. The van der Waals surface area contributed by atoms with Crippen LogP contribution in [-0.2, 0) is 6.54 Å². The molecule has 1 N–H and O–H groups in total. The van der Waals surface area contributed by atoms with Crippen LogP contribution < -0.4 is 5.32 Å². The Morgan fingerprint density at radius 1 is 1.56 bits per heavy atom. The van der Waals surface area contributed by atoms with E-state index in [9.17, 15) is 4.39 Å². The van der Waals surface area contributed by atoms with Crippen LogP contribution in [0.1, 0.15) is 25.3 Å². The van der Waals surface area contributed by atoms with Gasteiger partial charge in [0.15, 0.2) is 0 Å². The third-order valence-corrected chi connectivity index (χ3v) is 2.81. The van der Waals surface area contributed by atoms with Gasteiger partial charge in [-0.25, -0.2) is 4.39 Å². The number of nitriles is 1. The van der Waals surface area contributed by atoms with Gasteiger partial charge in [0.1, 0.15) is 5.82 Å². The zero-order chi connectivity index (χ0) is 12.0. The lowest BCUT2D eigenvalue weighted by Gasteiger charge is -2.14. The van der Waals surface area contributed by atoms with Crippen molar-refractivity contribution >= 4 is 11.6 Å². The van der Waals surface area contributed by atoms with E-state index in [1.54, 1.807) is 12.1 Å². The van der Waals surface area contributed by atoms with Crippen LogP contribution in [0.25, 0.3) is 0 Å². The van der Waals surface area contributed by atoms with Gasteiger partial charge in [0.2, 0.25) is 0 Å². The van der Waals surface area contributed by atoms with Crippen LogP contribution in [0.15, 0.2) is 18.2 Å². The van der Waals surface area contributed by atoms with Crippen LogP contribution in [-0.4, -0.2) is 6.04 Å². The van der Waals surface area contributed by atoms with Crippen LogP contribution in [0.5, 0.6) is 0 Å². The van der Waals surface area contributed by atoms with Crippen molar-refractivity contribution in [3.8, 4) is 6.07 Å². The van der Waals surface area contributed by atoms with Gasteiger partial charge in [0, 0.05) is 23.2 Å². The molecule has 1 atom stereocenters. The molecule has 0 heterocycles. The number of hydrogen-bond donors (Lipinski definition) is 1. The largest absolute Gasteiger partial charge is 0.309 e. The Labute approximate surface area is 100 Å². The highest BCUT2D eigenvalue weighted by Gasteiger charge is 2.09. The number of nitrogens with zero attached hydrogens (tertiary/aromatic N) is 1. The van der Waals surface area contributed by atoms with Crippen LogP contribution >= 0.6 is 11.6 Å².